The Morgan fingerprint density at radius 1 is 1.09 bits per heavy atom. The Morgan fingerprint density at radius 3 is 2.32 bits per heavy atom. The van der Waals surface area contributed by atoms with Crippen LogP contribution in [0.15, 0.2) is 48.8 Å². The molecule has 1 aromatic heterocycles. The summed E-state index contributed by atoms with van der Waals surface area (Å²) in [6.45, 7) is 4.11. The number of hydrogen-bond acceptors (Lipinski definition) is 4. The SMILES string of the molecule is CC(C)N(Cc1ccccc1)C(=O)C(=O)Nc1ncccn1. The molecule has 0 aliphatic carbocycles. The molecule has 0 saturated carbocycles. The Hall–Kier alpha value is -2.76. The zero-order valence-electron chi connectivity index (χ0n) is 12.6. The molecule has 114 valence electrons. The molecule has 22 heavy (non-hydrogen) atoms. The Kier molecular flexibility index (Phi) is 5.19. The van der Waals surface area contributed by atoms with Crippen LogP contribution >= 0.6 is 0 Å². The molecular weight excluding hydrogens is 280 g/mol. The highest BCUT2D eigenvalue weighted by molar-refractivity contribution is 6.39. The van der Waals surface area contributed by atoms with Crippen LogP contribution in [0, 0.1) is 0 Å². The molecule has 1 aromatic carbocycles. The molecule has 2 amide bonds. The molecule has 0 aliphatic heterocycles. The van der Waals surface area contributed by atoms with Crippen molar-refractivity contribution < 1.29 is 9.59 Å². The summed E-state index contributed by atoms with van der Waals surface area (Å²) in [7, 11) is 0. The summed E-state index contributed by atoms with van der Waals surface area (Å²) < 4.78 is 0. The first-order valence-corrected chi connectivity index (χ1v) is 7.01. The van der Waals surface area contributed by atoms with Gasteiger partial charge in [-0.05, 0) is 25.5 Å². The molecule has 0 saturated heterocycles. The molecule has 1 N–H and O–H groups in total. The maximum Gasteiger partial charge on any atom is 0.316 e. The van der Waals surface area contributed by atoms with Gasteiger partial charge in [0.15, 0.2) is 0 Å². The van der Waals surface area contributed by atoms with Gasteiger partial charge >= 0.3 is 11.8 Å². The minimum atomic E-state index is -0.740. The molecule has 2 aromatic rings. The van der Waals surface area contributed by atoms with E-state index < -0.39 is 11.8 Å². The van der Waals surface area contributed by atoms with E-state index in [2.05, 4.69) is 15.3 Å². The molecule has 0 unspecified atom stereocenters. The highest BCUT2D eigenvalue weighted by Crippen LogP contribution is 2.09. The molecule has 0 atom stereocenters. The van der Waals surface area contributed by atoms with Gasteiger partial charge in [0.2, 0.25) is 5.95 Å². The van der Waals surface area contributed by atoms with Gasteiger partial charge in [-0.2, -0.15) is 0 Å². The van der Waals surface area contributed by atoms with Crippen LogP contribution in [0.4, 0.5) is 5.95 Å². The van der Waals surface area contributed by atoms with Crippen molar-refractivity contribution in [1.82, 2.24) is 14.9 Å². The first-order chi connectivity index (χ1) is 10.6. The lowest BCUT2D eigenvalue weighted by molar-refractivity contribution is -0.144. The van der Waals surface area contributed by atoms with E-state index in [1.165, 1.54) is 17.3 Å². The third kappa shape index (κ3) is 4.12. The first-order valence-electron chi connectivity index (χ1n) is 7.01. The van der Waals surface area contributed by atoms with E-state index >= 15 is 0 Å². The maximum atomic E-state index is 12.4. The van der Waals surface area contributed by atoms with Crippen LogP contribution in [-0.4, -0.2) is 32.7 Å². The van der Waals surface area contributed by atoms with Crippen molar-refractivity contribution in [3.05, 3.63) is 54.4 Å². The number of hydrogen-bond donors (Lipinski definition) is 1. The highest BCUT2D eigenvalue weighted by atomic mass is 16.2. The number of nitrogens with one attached hydrogen (secondary N) is 1. The van der Waals surface area contributed by atoms with Crippen molar-refractivity contribution in [2.45, 2.75) is 26.4 Å². The van der Waals surface area contributed by atoms with Gasteiger partial charge in [-0.15, -0.1) is 0 Å². The van der Waals surface area contributed by atoms with Gasteiger partial charge in [-0.3, -0.25) is 14.9 Å². The second-order valence-electron chi connectivity index (χ2n) is 5.04. The average molecular weight is 298 g/mol. The van der Waals surface area contributed by atoms with Crippen LogP contribution in [-0.2, 0) is 16.1 Å². The summed E-state index contributed by atoms with van der Waals surface area (Å²) in [6, 6.07) is 11.1. The van der Waals surface area contributed by atoms with Crippen molar-refractivity contribution in [1.29, 1.82) is 0 Å². The highest BCUT2D eigenvalue weighted by Gasteiger charge is 2.24. The number of aromatic nitrogens is 2. The fourth-order valence-electron chi connectivity index (χ4n) is 1.92. The lowest BCUT2D eigenvalue weighted by atomic mass is 10.2. The van der Waals surface area contributed by atoms with Gasteiger partial charge in [0.25, 0.3) is 0 Å². The van der Waals surface area contributed by atoms with E-state index in [-0.39, 0.29) is 12.0 Å². The predicted molar refractivity (Wildman–Crippen MR) is 82.8 cm³/mol. The molecule has 0 fully saturated rings. The second-order valence-corrected chi connectivity index (χ2v) is 5.04. The van der Waals surface area contributed by atoms with Gasteiger partial charge in [0.1, 0.15) is 0 Å². The third-order valence-electron chi connectivity index (χ3n) is 3.07. The van der Waals surface area contributed by atoms with E-state index in [0.717, 1.165) is 5.56 Å². The van der Waals surface area contributed by atoms with Crippen molar-refractivity contribution in [2.75, 3.05) is 5.32 Å². The van der Waals surface area contributed by atoms with E-state index in [4.69, 9.17) is 0 Å². The number of benzene rings is 1. The molecule has 1 heterocycles. The standard InChI is InChI=1S/C16H18N4O2/c1-12(2)20(11-13-7-4-3-5-8-13)15(22)14(21)19-16-17-9-6-10-18-16/h3-10,12H,11H2,1-2H3,(H,17,18,19,21). The van der Waals surface area contributed by atoms with Crippen molar-refractivity contribution >= 4 is 17.8 Å². The van der Waals surface area contributed by atoms with Gasteiger partial charge in [0.05, 0.1) is 0 Å². The molecule has 0 bridgehead atoms. The summed E-state index contributed by atoms with van der Waals surface area (Å²) in [5.74, 6) is -1.23. The number of nitrogens with zero attached hydrogens (tertiary/aromatic N) is 3. The molecule has 2 rings (SSSR count). The van der Waals surface area contributed by atoms with Gasteiger partial charge in [-0.25, -0.2) is 9.97 Å². The van der Waals surface area contributed by atoms with Crippen molar-refractivity contribution in [3.8, 4) is 0 Å². The molecular formula is C16H18N4O2. The first kappa shape index (κ1) is 15.6. The van der Waals surface area contributed by atoms with Crippen molar-refractivity contribution in [2.24, 2.45) is 0 Å². The zero-order valence-corrected chi connectivity index (χ0v) is 12.6. The smallest absolute Gasteiger partial charge is 0.316 e. The lowest BCUT2D eigenvalue weighted by Gasteiger charge is -2.26. The summed E-state index contributed by atoms with van der Waals surface area (Å²) in [5, 5.41) is 2.41. The van der Waals surface area contributed by atoms with Crippen LogP contribution < -0.4 is 5.32 Å². The van der Waals surface area contributed by atoms with E-state index in [9.17, 15) is 9.59 Å². The molecule has 0 radical (unpaired) electrons. The summed E-state index contributed by atoms with van der Waals surface area (Å²) >= 11 is 0. The van der Waals surface area contributed by atoms with E-state index in [1.54, 1.807) is 6.07 Å². The minimum absolute atomic E-state index is 0.102. The van der Waals surface area contributed by atoms with Crippen LogP contribution in [0.5, 0.6) is 0 Å². The van der Waals surface area contributed by atoms with Crippen LogP contribution in [0.25, 0.3) is 0 Å². The molecule has 6 nitrogen and oxygen atoms in total. The number of carbonyl (C=O) groups is 2. The fraction of sp³-hybridized carbons (Fsp3) is 0.250. The normalized spacial score (nSPS) is 10.3. The van der Waals surface area contributed by atoms with Gasteiger partial charge in [0, 0.05) is 25.0 Å². The van der Waals surface area contributed by atoms with Crippen LogP contribution in [0.1, 0.15) is 19.4 Å². The maximum absolute atomic E-state index is 12.4. The second kappa shape index (κ2) is 7.31. The fourth-order valence-corrected chi connectivity index (χ4v) is 1.92. The summed E-state index contributed by atoms with van der Waals surface area (Å²) in [5.41, 5.74) is 0.966. The van der Waals surface area contributed by atoms with Crippen LogP contribution in [0.3, 0.4) is 0 Å². The van der Waals surface area contributed by atoms with Crippen LogP contribution in [0.2, 0.25) is 0 Å². The van der Waals surface area contributed by atoms with Gasteiger partial charge in [-0.1, -0.05) is 30.3 Å². The minimum Gasteiger partial charge on any atom is -0.328 e. The molecule has 0 aliphatic rings. The number of anilines is 1. The quantitative estimate of drug-likeness (QED) is 0.874. The largest absolute Gasteiger partial charge is 0.328 e. The molecule has 0 spiro atoms. The molecule has 6 heteroatoms. The van der Waals surface area contributed by atoms with E-state index in [0.29, 0.717) is 6.54 Å². The topological polar surface area (TPSA) is 75.2 Å². The zero-order chi connectivity index (χ0) is 15.9. The predicted octanol–water partition coefficient (Wildman–Crippen LogP) is 1.85. The van der Waals surface area contributed by atoms with Crippen molar-refractivity contribution in [3.63, 3.8) is 0 Å². The summed E-state index contributed by atoms with van der Waals surface area (Å²) in [6.07, 6.45) is 2.99. The number of rotatable bonds is 4. The summed E-state index contributed by atoms with van der Waals surface area (Å²) in [4.78, 5) is 33.7. The van der Waals surface area contributed by atoms with E-state index in [1.807, 2.05) is 44.2 Å². The number of amides is 2. The Bertz CT molecular complexity index is 629. The van der Waals surface area contributed by atoms with Gasteiger partial charge < -0.3 is 4.90 Å². The number of carbonyl (C=O) groups excluding carboxylic acids is 2. The Balaban J connectivity index is 2.07. The monoisotopic (exact) mass is 298 g/mol. The Labute approximate surface area is 129 Å². The average Bonchev–Trinajstić information content (AvgIpc) is 2.53. The Morgan fingerprint density at radius 2 is 1.73 bits per heavy atom. The third-order valence-corrected chi connectivity index (χ3v) is 3.07. The lowest BCUT2D eigenvalue weighted by Crippen LogP contribution is -2.43.